The van der Waals surface area contributed by atoms with Gasteiger partial charge in [0.2, 0.25) is 18.0 Å². The molecular weight excluding hydrogens is 484 g/mol. The molecule has 208 valence electrons. The summed E-state index contributed by atoms with van der Waals surface area (Å²) in [7, 11) is 0. The van der Waals surface area contributed by atoms with E-state index in [2.05, 4.69) is 6.92 Å². The van der Waals surface area contributed by atoms with Crippen molar-refractivity contribution >= 4 is 18.0 Å². The van der Waals surface area contributed by atoms with Gasteiger partial charge in [-0.2, -0.15) is 0 Å². The summed E-state index contributed by atoms with van der Waals surface area (Å²) in [4.78, 5) is 52.5. The molecular formula is C26H40N2O9. The molecule has 0 N–H and O–H groups in total. The first kappa shape index (κ1) is 26.6. The minimum atomic E-state index is -0.892. The van der Waals surface area contributed by atoms with Gasteiger partial charge in [-0.1, -0.05) is 13.8 Å². The van der Waals surface area contributed by atoms with Crippen LogP contribution in [0.15, 0.2) is 0 Å². The number of hydrogen-bond acceptors (Lipinski definition) is 9. The van der Waals surface area contributed by atoms with E-state index in [1.807, 2.05) is 13.8 Å². The molecule has 1 aliphatic carbocycles. The molecule has 0 aromatic carbocycles. The first-order chi connectivity index (χ1) is 17.7. The van der Waals surface area contributed by atoms with Crippen LogP contribution in [-0.2, 0) is 38.3 Å². The third-order valence-corrected chi connectivity index (χ3v) is 9.05. The lowest BCUT2D eigenvalue weighted by Gasteiger charge is -2.59. The van der Waals surface area contributed by atoms with Gasteiger partial charge in [-0.05, 0) is 44.9 Å². The van der Waals surface area contributed by atoms with Crippen molar-refractivity contribution in [3.8, 4) is 0 Å². The summed E-state index contributed by atoms with van der Waals surface area (Å²) < 4.78 is 23.4. The molecule has 5 heterocycles. The Labute approximate surface area is 217 Å². The van der Waals surface area contributed by atoms with Crippen molar-refractivity contribution in [3.63, 3.8) is 0 Å². The summed E-state index contributed by atoms with van der Waals surface area (Å²) in [5, 5.41) is 0. The zero-order chi connectivity index (χ0) is 26.4. The van der Waals surface area contributed by atoms with Crippen LogP contribution in [0.4, 0.5) is 4.79 Å². The zero-order valence-electron chi connectivity index (χ0n) is 22.3. The van der Waals surface area contributed by atoms with Crippen molar-refractivity contribution in [3.05, 3.63) is 0 Å². The quantitative estimate of drug-likeness (QED) is 0.396. The Bertz CT molecular complexity index is 893. The van der Waals surface area contributed by atoms with E-state index < -0.39 is 29.9 Å². The number of amides is 2. The molecule has 11 heteroatoms. The van der Waals surface area contributed by atoms with Gasteiger partial charge in [0.15, 0.2) is 11.9 Å². The second-order valence-electron chi connectivity index (χ2n) is 11.3. The zero-order valence-corrected chi connectivity index (χ0v) is 22.3. The lowest BCUT2D eigenvalue weighted by atomic mass is 9.58. The van der Waals surface area contributed by atoms with E-state index in [4.69, 9.17) is 28.7 Å². The van der Waals surface area contributed by atoms with Crippen molar-refractivity contribution in [2.45, 2.75) is 90.2 Å². The Morgan fingerprint density at radius 3 is 2.41 bits per heavy atom. The topological polar surface area (TPSA) is 113 Å². The van der Waals surface area contributed by atoms with Gasteiger partial charge < -0.3 is 28.7 Å². The summed E-state index contributed by atoms with van der Waals surface area (Å²) in [5.74, 6) is -0.871. The third-order valence-electron chi connectivity index (χ3n) is 9.05. The molecule has 2 amide bonds. The molecule has 2 bridgehead atoms. The van der Waals surface area contributed by atoms with Crippen LogP contribution in [0.5, 0.6) is 0 Å². The fourth-order valence-corrected chi connectivity index (χ4v) is 6.92. The van der Waals surface area contributed by atoms with E-state index in [0.29, 0.717) is 45.1 Å². The molecule has 8 atom stereocenters. The lowest BCUT2D eigenvalue weighted by Crippen LogP contribution is -2.70. The smallest absolute Gasteiger partial charge is 0.409 e. The molecule has 0 radical (unpaired) electrons. The first-order valence-corrected chi connectivity index (χ1v) is 13.8. The van der Waals surface area contributed by atoms with Crippen molar-refractivity contribution in [2.24, 2.45) is 23.7 Å². The number of esters is 1. The average molecular weight is 525 g/mol. The van der Waals surface area contributed by atoms with Gasteiger partial charge in [-0.3, -0.25) is 9.59 Å². The molecule has 6 aliphatic rings. The highest BCUT2D eigenvalue weighted by Crippen LogP contribution is 2.60. The van der Waals surface area contributed by atoms with Crippen molar-refractivity contribution < 1.29 is 43.1 Å². The van der Waals surface area contributed by atoms with Crippen molar-refractivity contribution in [1.82, 2.24) is 9.80 Å². The number of rotatable bonds is 5. The van der Waals surface area contributed by atoms with Gasteiger partial charge in [0, 0.05) is 50.9 Å². The minimum absolute atomic E-state index is 0.0399. The average Bonchev–Trinajstić information content (AvgIpc) is 3.11. The molecule has 37 heavy (non-hydrogen) atoms. The SMILES string of the molecule is CCOC(=O)N1CCN(C(=O)CCC(=O)O[C@@H]2O[C@@H]3O[C@@]4(C)CC[C@H]5[C@H](C)CC[C@H]([C@H]2C)[C@@]35OO4)CC1. The van der Waals surface area contributed by atoms with Crippen LogP contribution in [0.2, 0.25) is 0 Å². The second kappa shape index (κ2) is 10.3. The van der Waals surface area contributed by atoms with Crippen molar-refractivity contribution in [1.29, 1.82) is 0 Å². The van der Waals surface area contributed by atoms with E-state index >= 15 is 0 Å². The summed E-state index contributed by atoms with van der Waals surface area (Å²) in [6.07, 6.45) is 1.79. The molecule has 5 aliphatic heterocycles. The maximum atomic E-state index is 12.8. The molecule has 1 spiro atoms. The molecule has 6 fully saturated rings. The van der Waals surface area contributed by atoms with Crippen LogP contribution in [-0.4, -0.2) is 84.5 Å². The normalized spacial score (nSPS) is 41.0. The highest BCUT2D eigenvalue weighted by atomic mass is 17.3. The number of hydrogen-bond donors (Lipinski definition) is 0. The minimum Gasteiger partial charge on any atom is -0.450 e. The highest BCUT2D eigenvalue weighted by Gasteiger charge is 2.69. The largest absolute Gasteiger partial charge is 0.450 e. The van der Waals surface area contributed by atoms with Crippen LogP contribution in [0.1, 0.15) is 66.2 Å². The summed E-state index contributed by atoms with van der Waals surface area (Å²) in [6.45, 7) is 9.87. The van der Waals surface area contributed by atoms with Crippen LogP contribution >= 0.6 is 0 Å². The standard InChI is InChI=1S/C26H40N2O9/c1-5-32-24(31)28-14-12-27(13-15-28)20(29)8-9-21(30)33-22-17(3)19-7-6-16(2)18-10-11-25(4)35-23(34-22)26(18,19)37-36-25/h16-19,22-23H,5-15H2,1-4H3/t16-,17-,18+,19-,22-,23-,25-,26-/m1/s1. The summed E-state index contributed by atoms with van der Waals surface area (Å²) >= 11 is 0. The van der Waals surface area contributed by atoms with E-state index in [1.54, 1.807) is 16.7 Å². The summed E-state index contributed by atoms with van der Waals surface area (Å²) in [5.41, 5.74) is -0.711. The highest BCUT2D eigenvalue weighted by molar-refractivity contribution is 5.81. The molecule has 0 unspecified atom stereocenters. The van der Waals surface area contributed by atoms with Gasteiger partial charge in [0.05, 0.1) is 13.0 Å². The van der Waals surface area contributed by atoms with E-state index in [9.17, 15) is 14.4 Å². The number of nitrogens with zero attached hydrogens (tertiary/aromatic N) is 2. The van der Waals surface area contributed by atoms with Gasteiger partial charge in [-0.25, -0.2) is 14.6 Å². The van der Waals surface area contributed by atoms with Crippen molar-refractivity contribution in [2.75, 3.05) is 32.8 Å². The Kier molecular flexibility index (Phi) is 7.43. The predicted molar refractivity (Wildman–Crippen MR) is 127 cm³/mol. The van der Waals surface area contributed by atoms with Gasteiger partial charge in [0.25, 0.3) is 0 Å². The van der Waals surface area contributed by atoms with Crippen LogP contribution in [0.25, 0.3) is 0 Å². The Balaban J connectivity index is 1.16. The molecule has 11 nitrogen and oxygen atoms in total. The number of piperazine rings is 1. The van der Waals surface area contributed by atoms with Gasteiger partial charge in [-0.15, -0.1) is 0 Å². The number of carbonyl (C=O) groups excluding carboxylic acids is 3. The third kappa shape index (κ3) is 4.84. The molecule has 1 saturated carbocycles. The fraction of sp³-hybridized carbons (Fsp3) is 0.885. The van der Waals surface area contributed by atoms with Gasteiger partial charge in [0.1, 0.15) is 0 Å². The number of ether oxygens (including phenoxy) is 4. The Hall–Kier alpha value is -1.95. The van der Waals surface area contributed by atoms with Crippen LogP contribution in [0, 0.1) is 23.7 Å². The maximum absolute atomic E-state index is 12.8. The van der Waals surface area contributed by atoms with Crippen LogP contribution in [0.3, 0.4) is 0 Å². The van der Waals surface area contributed by atoms with E-state index in [1.165, 1.54) is 0 Å². The Morgan fingerprint density at radius 2 is 1.68 bits per heavy atom. The number of fused-ring (bicyclic) bond motifs is 2. The molecule has 5 saturated heterocycles. The molecule has 0 aromatic heterocycles. The fourth-order valence-electron chi connectivity index (χ4n) is 6.92. The maximum Gasteiger partial charge on any atom is 0.409 e. The number of carbonyl (C=O) groups is 3. The monoisotopic (exact) mass is 524 g/mol. The van der Waals surface area contributed by atoms with Gasteiger partial charge >= 0.3 is 12.1 Å². The second-order valence-corrected chi connectivity index (χ2v) is 11.3. The lowest BCUT2D eigenvalue weighted by molar-refractivity contribution is -0.576. The molecule has 6 rings (SSSR count). The van der Waals surface area contributed by atoms with E-state index in [0.717, 1.165) is 19.3 Å². The first-order valence-electron chi connectivity index (χ1n) is 13.8. The van der Waals surface area contributed by atoms with Crippen LogP contribution < -0.4 is 0 Å². The predicted octanol–water partition coefficient (Wildman–Crippen LogP) is 2.82. The Morgan fingerprint density at radius 1 is 0.946 bits per heavy atom. The summed E-state index contributed by atoms with van der Waals surface area (Å²) in [6, 6.07) is 0. The van der Waals surface area contributed by atoms with E-state index in [-0.39, 0.29) is 42.6 Å². The molecule has 0 aromatic rings.